The van der Waals surface area contributed by atoms with Gasteiger partial charge in [0.05, 0.1) is 5.69 Å². The van der Waals surface area contributed by atoms with Crippen LogP contribution in [0.1, 0.15) is 6.92 Å². The highest BCUT2D eigenvalue weighted by atomic mass is 16.1. The average Bonchev–Trinajstić information content (AvgIpc) is 2.29. The highest BCUT2D eigenvalue weighted by molar-refractivity contribution is 5.89. The first-order chi connectivity index (χ1) is 8.15. The summed E-state index contributed by atoms with van der Waals surface area (Å²) in [6, 6.07) is 10.3. The summed E-state index contributed by atoms with van der Waals surface area (Å²) in [6.45, 7) is 1.45. The largest absolute Gasteiger partial charge is 0.326 e. The van der Waals surface area contributed by atoms with Crippen LogP contribution in [0, 0.1) is 0 Å². The number of nitrogens with one attached hydrogen (secondary N) is 2. The molecule has 0 saturated heterocycles. The third-order valence-electron chi connectivity index (χ3n) is 2.16. The first-order valence-corrected chi connectivity index (χ1v) is 5.09. The molecule has 2 aromatic rings. The van der Waals surface area contributed by atoms with Crippen molar-refractivity contribution in [2.75, 3.05) is 5.32 Å². The molecule has 86 valence electrons. The minimum absolute atomic E-state index is 0.128. The van der Waals surface area contributed by atoms with Gasteiger partial charge in [-0.2, -0.15) is 5.10 Å². The Labute approximate surface area is 97.5 Å². The molecule has 0 unspecified atom stereocenters. The second kappa shape index (κ2) is 4.61. The van der Waals surface area contributed by atoms with Crippen molar-refractivity contribution in [3.63, 3.8) is 0 Å². The van der Waals surface area contributed by atoms with Gasteiger partial charge in [-0.05, 0) is 18.2 Å². The Hall–Kier alpha value is -2.43. The molecule has 1 heterocycles. The summed E-state index contributed by atoms with van der Waals surface area (Å²) in [6.07, 6.45) is 0. The van der Waals surface area contributed by atoms with E-state index >= 15 is 0 Å². The SMILES string of the molecule is CC(=O)Nc1cccc(-c2ccc(=O)[nH]n2)c1. The number of hydrogen-bond donors (Lipinski definition) is 2. The van der Waals surface area contributed by atoms with Crippen LogP contribution in [-0.2, 0) is 4.79 Å². The van der Waals surface area contributed by atoms with Crippen molar-refractivity contribution in [2.45, 2.75) is 6.92 Å². The van der Waals surface area contributed by atoms with Crippen LogP contribution in [0.15, 0.2) is 41.2 Å². The third kappa shape index (κ3) is 2.78. The van der Waals surface area contributed by atoms with Crippen LogP contribution in [0.4, 0.5) is 5.69 Å². The molecule has 0 aliphatic carbocycles. The molecule has 5 heteroatoms. The maximum absolute atomic E-state index is 10.9. The number of hydrogen-bond acceptors (Lipinski definition) is 3. The second-order valence-corrected chi connectivity index (χ2v) is 3.57. The predicted octanol–water partition coefficient (Wildman–Crippen LogP) is 1.40. The van der Waals surface area contributed by atoms with Crippen molar-refractivity contribution in [1.29, 1.82) is 0 Å². The molecule has 2 N–H and O–H groups in total. The van der Waals surface area contributed by atoms with Crippen molar-refractivity contribution >= 4 is 11.6 Å². The summed E-state index contributed by atoms with van der Waals surface area (Å²) in [4.78, 5) is 21.8. The molecule has 0 aliphatic rings. The smallest absolute Gasteiger partial charge is 0.264 e. The lowest BCUT2D eigenvalue weighted by Gasteiger charge is -2.04. The first-order valence-electron chi connectivity index (χ1n) is 5.09. The number of amides is 1. The van der Waals surface area contributed by atoms with Gasteiger partial charge in [0.1, 0.15) is 0 Å². The molecule has 0 fully saturated rings. The van der Waals surface area contributed by atoms with Gasteiger partial charge in [-0.3, -0.25) is 9.59 Å². The summed E-state index contributed by atoms with van der Waals surface area (Å²) >= 11 is 0. The van der Waals surface area contributed by atoms with Crippen molar-refractivity contribution in [3.05, 3.63) is 46.8 Å². The highest BCUT2D eigenvalue weighted by Crippen LogP contribution is 2.19. The highest BCUT2D eigenvalue weighted by Gasteiger charge is 2.01. The van der Waals surface area contributed by atoms with Gasteiger partial charge in [-0.15, -0.1) is 0 Å². The van der Waals surface area contributed by atoms with Gasteiger partial charge in [-0.25, -0.2) is 5.10 Å². The van der Waals surface area contributed by atoms with Crippen LogP contribution in [0.3, 0.4) is 0 Å². The molecular weight excluding hydrogens is 218 g/mol. The second-order valence-electron chi connectivity index (χ2n) is 3.57. The van der Waals surface area contributed by atoms with Gasteiger partial charge in [0.25, 0.3) is 5.56 Å². The lowest BCUT2D eigenvalue weighted by Crippen LogP contribution is -2.07. The molecule has 0 saturated carbocycles. The van der Waals surface area contributed by atoms with E-state index in [1.54, 1.807) is 18.2 Å². The van der Waals surface area contributed by atoms with E-state index < -0.39 is 0 Å². The number of H-pyrrole nitrogens is 1. The zero-order valence-electron chi connectivity index (χ0n) is 9.23. The van der Waals surface area contributed by atoms with Gasteiger partial charge < -0.3 is 5.32 Å². The van der Waals surface area contributed by atoms with Crippen LogP contribution in [0.2, 0.25) is 0 Å². The Morgan fingerprint density at radius 2 is 2.12 bits per heavy atom. The molecule has 17 heavy (non-hydrogen) atoms. The van der Waals surface area contributed by atoms with Crippen molar-refractivity contribution in [1.82, 2.24) is 10.2 Å². The van der Waals surface area contributed by atoms with Crippen molar-refractivity contribution in [3.8, 4) is 11.3 Å². The number of carbonyl (C=O) groups is 1. The lowest BCUT2D eigenvalue weighted by molar-refractivity contribution is -0.114. The van der Waals surface area contributed by atoms with Crippen LogP contribution in [0.25, 0.3) is 11.3 Å². The van der Waals surface area contributed by atoms with E-state index in [0.717, 1.165) is 5.56 Å². The molecule has 1 aromatic heterocycles. The molecule has 0 radical (unpaired) electrons. The summed E-state index contributed by atoms with van der Waals surface area (Å²) in [5.41, 5.74) is 1.93. The number of benzene rings is 1. The Bertz CT molecular complexity index is 584. The van der Waals surface area contributed by atoms with Gasteiger partial charge in [0.15, 0.2) is 0 Å². The van der Waals surface area contributed by atoms with Crippen molar-refractivity contribution < 1.29 is 4.79 Å². The van der Waals surface area contributed by atoms with Gasteiger partial charge in [0, 0.05) is 24.2 Å². The monoisotopic (exact) mass is 229 g/mol. The zero-order chi connectivity index (χ0) is 12.3. The lowest BCUT2D eigenvalue weighted by atomic mass is 10.1. The van der Waals surface area contributed by atoms with E-state index in [1.807, 2.05) is 12.1 Å². The van der Waals surface area contributed by atoms with E-state index in [1.165, 1.54) is 13.0 Å². The topological polar surface area (TPSA) is 74.8 Å². The van der Waals surface area contributed by atoms with E-state index in [-0.39, 0.29) is 11.5 Å². The third-order valence-corrected chi connectivity index (χ3v) is 2.16. The standard InChI is InChI=1S/C12H11N3O2/c1-8(16)13-10-4-2-3-9(7-10)11-5-6-12(17)15-14-11/h2-7H,1H3,(H,13,16)(H,15,17). The Kier molecular flexibility index (Phi) is 3.00. The Morgan fingerprint density at radius 3 is 2.76 bits per heavy atom. The quantitative estimate of drug-likeness (QED) is 0.817. The number of nitrogens with zero attached hydrogens (tertiary/aromatic N) is 1. The molecule has 0 aliphatic heterocycles. The van der Waals surface area contributed by atoms with Crippen LogP contribution in [0.5, 0.6) is 0 Å². The van der Waals surface area contributed by atoms with Gasteiger partial charge in [0.2, 0.25) is 5.91 Å². The zero-order valence-corrected chi connectivity index (χ0v) is 9.23. The minimum atomic E-state index is -0.244. The number of aromatic amines is 1. The fourth-order valence-corrected chi connectivity index (χ4v) is 1.46. The van der Waals surface area contributed by atoms with Crippen LogP contribution < -0.4 is 10.9 Å². The number of anilines is 1. The van der Waals surface area contributed by atoms with E-state index in [2.05, 4.69) is 15.5 Å². The number of rotatable bonds is 2. The van der Waals surface area contributed by atoms with Crippen LogP contribution >= 0.6 is 0 Å². The molecule has 1 amide bonds. The summed E-state index contributed by atoms with van der Waals surface area (Å²) < 4.78 is 0. The van der Waals surface area contributed by atoms with Gasteiger partial charge >= 0.3 is 0 Å². The predicted molar refractivity (Wildman–Crippen MR) is 64.6 cm³/mol. The van der Waals surface area contributed by atoms with Gasteiger partial charge in [-0.1, -0.05) is 12.1 Å². The molecule has 0 spiro atoms. The van der Waals surface area contributed by atoms with Crippen molar-refractivity contribution in [2.24, 2.45) is 0 Å². The Morgan fingerprint density at radius 1 is 1.29 bits per heavy atom. The fraction of sp³-hybridized carbons (Fsp3) is 0.0833. The number of carbonyl (C=O) groups excluding carboxylic acids is 1. The summed E-state index contributed by atoms with van der Waals surface area (Å²) in [5.74, 6) is -0.128. The van der Waals surface area contributed by atoms with E-state index in [9.17, 15) is 9.59 Å². The Balaban J connectivity index is 2.35. The maximum Gasteiger partial charge on any atom is 0.264 e. The fourth-order valence-electron chi connectivity index (χ4n) is 1.46. The molecule has 0 atom stereocenters. The average molecular weight is 229 g/mol. The summed E-state index contributed by atoms with van der Waals surface area (Å²) in [7, 11) is 0. The molecule has 5 nitrogen and oxygen atoms in total. The maximum atomic E-state index is 10.9. The van der Waals surface area contributed by atoms with E-state index in [4.69, 9.17) is 0 Å². The first kappa shape index (κ1) is 11.1. The normalized spacial score (nSPS) is 9.94. The molecule has 2 rings (SSSR count). The van der Waals surface area contributed by atoms with Crippen LogP contribution in [-0.4, -0.2) is 16.1 Å². The summed E-state index contributed by atoms with van der Waals surface area (Å²) in [5, 5.41) is 8.97. The van der Waals surface area contributed by atoms with E-state index in [0.29, 0.717) is 11.4 Å². The molecular formula is C12H11N3O2. The minimum Gasteiger partial charge on any atom is -0.326 e. The number of aromatic nitrogens is 2. The molecule has 1 aromatic carbocycles. The molecule has 0 bridgehead atoms.